The minimum absolute atomic E-state index is 0.0543. The average Bonchev–Trinajstić information content (AvgIpc) is 3.89. The summed E-state index contributed by atoms with van der Waals surface area (Å²) in [6, 6.07) is 13.9. The topological polar surface area (TPSA) is 43.5 Å². The van der Waals surface area contributed by atoms with Gasteiger partial charge in [0, 0.05) is 5.41 Å². The molecule has 2 aromatic carbocycles. The first-order chi connectivity index (χ1) is 19.7. The third-order valence-electron chi connectivity index (χ3n) is 8.82. The fourth-order valence-corrected chi connectivity index (χ4v) is 6.32. The number of hydrogen-bond donors (Lipinski definition) is 0. The Bertz CT molecular complexity index is 1030. The van der Waals surface area contributed by atoms with E-state index in [1.165, 1.54) is 80.0 Å². The number of rotatable bonds is 12. The highest BCUT2D eigenvalue weighted by atomic mass is 16.6. The number of ether oxygens (including phenoxy) is 4. The van der Waals surface area contributed by atoms with Gasteiger partial charge in [0.1, 0.15) is 36.9 Å². The van der Waals surface area contributed by atoms with Crippen molar-refractivity contribution in [3.63, 3.8) is 0 Å². The first kappa shape index (κ1) is 29.0. The zero-order valence-corrected chi connectivity index (χ0v) is 24.3. The lowest BCUT2D eigenvalue weighted by Gasteiger charge is -2.37. The van der Waals surface area contributed by atoms with Crippen LogP contribution in [0.5, 0.6) is 11.5 Å². The third-order valence-corrected chi connectivity index (χ3v) is 8.82. The Morgan fingerprint density at radius 2 is 1.05 bits per heavy atom. The van der Waals surface area contributed by atoms with Gasteiger partial charge in [-0.05, 0) is 60.1 Å². The quantitative estimate of drug-likeness (QED) is 0.199. The van der Waals surface area contributed by atoms with Crippen molar-refractivity contribution in [1.82, 2.24) is 0 Å². The molecule has 2 heterocycles. The van der Waals surface area contributed by atoms with Crippen molar-refractivity contribution in [3.8, 4) is 11.5 Å². The van der Waals surface area contributed by atoms with Gasteiger partial charge in [-0.2, -0.15) is 0 Å². The summed E-state index contributed by atoms with van der Waals surface area (Å²) in [5, 5.41) is 0. The molecule has 2 unspecified atom stereocenters. The number of benzene rings is 2. The summed E-state index contributed by atoms with van der Waals surface area (Å²) in [4.78, 5) is 0. The smallest absolute Gasteiger partial charge is 0.122 e. The van der Waals surface area contributed by atoms with E-state index in [1.54, 1.807) is 0 Å². The monoisotopic (exact) mass is 544 g/mol. The van der Waals surface area contributed by atoms with Gasteiger partial charge in [0.15, 0.2) is 0 Å². The van der Waals surface area contributed by atoms with E-state index in [0.717, 1.165) is 50.4 Å². The molecule has 0 amide bonds. The van der Waals surface area contributed by atoms with Crippen molar-refractivity contribution in [3.05, 3.63) is 84.0 Å². The Labute approximate surface area is 241 Å². The summed E-state index contributed by atoms with van der Waals surface area (Å²) in [5.41, 5.74) is 5.19. The standard InChI is InChI=1S/C36H48O4/c1-3-14-28-22-30(16-18-34(28)39-26-32-24-37-32)36(20-12-10-8-6-5-7-9-11-13-21-36)31-17-19-35(29(23-31)15-4-2)40-27-33-25-38-33/h3-4,16-19,22-23,32-33H,1-2,5-15,20-21,24-27H2. The van der Waals surface area contributed by atoms with Crippen molar-refractivity contribution in [1.29, 1.82) is 0 Å². The van der Waals surface area contributed by atoms with Crippen molar-refractivity contribution in [2.75, 3.05) is 26.4 Å². The molecule has 3 fully saturated rings. The van der Waals surface area contributed by atoms with Crippen LogP contribution in [0.3, 0.4) is 0 Å². The molecule has 0 N–H and O–H groups in total. The van der Waals surface area contributed by atoms with E-state index in [9.17, 15) is 0 Å². The minimum Gasteiger partial charge on any atom is -0.490 e. The summed E-state index contributed by atoms with van der Waals surface area (Å²) in [5.74, 6) is 1.92. The maximum absolute atomic E-state index is 6.21. The van der Waals surface area contributed by atoms with Crippen molar-refractivity contribution in [2.45, 2.75) is 101 Å². The van der Waals surface area contributed by atoms with E-state index in [4.69, 9.17) is 18.9 Å². The molecule has 2 saturated heterocycles. The van der Waals surface area contributed by atoms with Crippen molar-refractivity contribution in [2.24, 2.45) is 0 Å². The van der Waals surface area contributed by atoms with Crippen LogP contribution < -0.4 is 9.47 Å². The normalized spacial score (nSPS) is 22.8. The Balaban J connectivity index is 1.53. The molecule has 2 aliphatic heterocycles. The van der Waals surface area contributed by atoms with E-state index in [-0.39, 0.29) is 17.6 Å². The number of hydrogen-bond acceptors (Lipinski definition) is 4. The van der Waals surface area contributed by atoms with Crippen molar-refractivity contribution < 1.29 is 18.9 Å². The fraction of sp³-hybridized carbons (Fsp3) is 0.556. The van der Waals surface area contributed by atoms with E-state index in [0.29, 0.717) is 13.2 Å². The Morgan fingerprint density at radius 1 is 0.650 bits per heavy atom. The highest BCUT2D eigenvalue weighted by Gasteiger charge is 2.35. The molecule has 40 heavy (non-hydrogen) atoms. The second-order valence-corrected chi connectivity index (χ2v) is 11.9. The van der Waals surface area contributed by atoms with Gasteiger partial charge in [0.25, 0.3) is 0 Å². The lowest BCUT2D eigenvalue weighted by Crippen LogP contribution is -2.29. The van der Waals surface area contributed by atoms with Gasteiger partial charge in [0.2, 0.25) is 0 Å². The van der Waals surface area contributed by atoms with Gasteiger partial charge < -0.3 is 18.9 Å². The van der Waals surface area contributed by atoms with Gasteiger partial charge in [-0.15, -0.1) is 13.2 Å². The second kappa shape index (κ2) is 14.4. The van der Waals surface area contributed by atoms with Gasteiger partial charge in [-0.1, -0.05) is 94.2 Å². The van der Waals surface area contributed by atoms with Gasteiger partial charge in [-0.25, -0.2) is 0 Å². The maximum Gasteiger partial charge on any atom is 0.122 e. The number of epoxide rings is 2. The first-order valence-corrected chi connectivity index (χ1v) is 15.7. The van der Waals surface area contributed by atoms with E-state index < -0.39 is 0 Å². The molecular weight excluding hydrogens is 496 g/mol. The number of allylic oxidation sites excluding steroid dienone is 2. The maximum atomic E-state index is 6.21. The van der Waals surface area contributed by atoms with Crippen LogP contribution in [0.2, 0.25) is 0 Å². The largest absolute Gasteiger partial charge is 0.490 e. The predicted molar refractivity (Wildman–Crippen MR) is 163 cm³/mol. The van der Waals surface area contributed by atoms with Crippen LogP contribution in [0.25, 0.3) is 0 Å². The summed E-state index contributed by atoms with van der Waals surface area (Å²) in [6.45, 7) is 11.0. The molecule has 1 saturated carbocycles. The molecule has 0 radical (unpaired) electrons. The molecule has 0 bridgehead atoms. The van der Waals surface area contributed by atoms with Crippen LogP contribution in [0.15, 0.2) is 61.7 Å². The Hall–Kier alpha value is -2.56. The Morgan fingerprint density at radius 3 is 1.43 bits per heavy atom. The highest BCUT2D eigenvalue weighted by Crippen LogP contribution is 2.45. The van der Waals surface area contributed by atoms with Crippen LogP contribution in [-0.4, -0.2) is 38.6 Å². The molecule has 0 aromatic heterocycles. The van der Waals surface area contributed by atoms with E-state index in [1.807, 2.05) is 12.2 Å². The van der Waals surface area contributed by atoms with Crippen LogP contribution in [0, 0.1) is 0 Å². The Kier molecular flexibility index (Phi) is 10.4. The molecule has 0 spiro atoms. The molecule has 5 rings (SSSR count). The van der Waals surface area contributed by atoms with Gasteiger partial charge in [-0.3, -0.25) is 0 Å². The molecule has 216 valence electrons. The molecule has 1 aliphatic carbocycles. The average molecular weight is 545 g/mol. The molecule has 2 aromatic rings. The molecule has 4 nitrogen and oxygen atoms in total. The molecule has 2 atom stereocenters. The molecule has 4 heteroatoms. The van der Waals surface area contributed by atoms with Gasteiger partial charge >= 0.3 is 0 Å². The summed E-state index contributed by atoms with van der Waals surface area (Å²) < 4.78 is 23.2. The predicted octanol–water partition coefficient (Wildman–Crippen LogP) is 8.29. The van der Waals surface area contributed by atoms with Gasteiger partial charge in [0.05, 0.1) is 13.2 Å². The lowest BCUT2D eigenvalue weighted by molar-refractivity contribution is 0.261. The fourth-order valence-electron chi connectivity index (χ4n) is 6.32. The highest BCUT2D eigenvalue weighted by molar-refractivity contribution is 5.49. The van der Waals surface area contributed by atoms with Crippen LogP contribution in [0.4, 0.5) is 0 Å². The molecular formula is C36H48O4. The summed E-state index contributed by atoms with van der Waals surface area (Å²) in [6.07, 6.45) is 20.2. The van der Waals surface area contributed by atoms with E-state index >= 15 is 0 Å². The third kappa shape index (κ3) is 7.79. The van der Waals surface area contributed by atoms with Crippen LogP contribution >= 0.6 is 0 Å². The van der Waals surface area contributed by atoms with Crippen molar-refractivity contribution >= 4 is 0 Å². The lowest BCUT2D eigenvalue weighted by atomic mass is 9.67. The molecule has 3 aliphatic rings. The minimum atomic E-state index is -0.0543. The SMILES string of the molecule is C=CCc1cc(C2(c3ccc(OCC4CO4)c(CC=C)c3)CCCCCCCCCCC2)ccc1OCC1CO1. The van der Waals surface area contributed by atoms with E-state index in [2.05, 4.69) is 49.6 Å². The summed E-state index contributed by atoms with van der Waals surface area (Å²) in [7, 11) is 0. The second-order valence-electron chi connectivity index (χ2n) is 11.9. The zero-order chi connectivity index (χ0) is 27.6. The summed E-state index contributed by atoms with van der Waals surface area (Å²) >= 11 is 0. The zero-order valence-electron chi connectivity index (χ0n) is 24.3. The van der Waals surface area contributed by atoms with Crippen LogP contribution in [-0.2, 0) is 27.7 Å². The first-order valence-electron chi connectivity index (χ1n) is 15.7. The van der Waals surface area contributed by atoms with Crippen LogP contribution in [0.1, 0.15) is 92.9 Å².